The van der Waals surface area contributed by atoms with E-state index in [4.69, 9.17) is 4.74 Å². The fourth-order valence-corrected chi connectivity index (χ4v) is 3.27. The molecule has 0 unspecified atom stereocenters. The molecule has 0 saturated carbocycles. The molecule has 154 valence electrons. The molecule has 0 radical (unpaired) electrons. The number of halogens is 2. The Bertz CT molecular complexity index is 936. The molecule has 3 rings (SSSR count). The number of hydrogen-bond acceptors (Lipinski definition) is 5. The first-order chi connectivity index (χ1) is 13.6. The van der Waals surface area contributed by atoms with E-state index in [1.54, 1.807) is 42.8 Å². The fourth-order valence-electron chi connectivity index (χ4n) is 2.48. The van der Waals surface area contributed by atoms with E-state index in [1.807, 2.05) is 19.2 Å². The normalized spacial score (nSPS) is 10.9. The molecule has 2 heterocycles. The van der Waals surface area contributed by atoms with Crippen molar-refractivity contribution in [3.8, 4) is 11.5 Å². The van der Waals surface area contributed by atoms with Crippen molar-refractivity contribution >= 4 is 41.3 Å². The van der Waals surface area contributed by atoms with Gasteiger partial charge >= 0.3 is 0 Å². The van der Waals surface area contributed by atoms with Crippen molar-refractivity contribution in [1.29, 1.82) is 0 Å². The first-order valence-corrected chi connectivity index (χ1v) is 9.68. The Labute approximate surface area is 190 Å². The Morgan fingerprint density at radius 3 is 2.76 bits per heavy atom. The first-order valence-electron chi connectivity index (χ1n) is 8.86. The lowest BCUT2D eigenvalue weighted by Crippen LogP contribution is -2.37. The second-order valence-corrected chi connectivity index (χ2v) is 7.34. The van der Waals surface area contributed by atoms with E-state index in [0.717, 1.165) is 23.5 Å². The molecule has 3 aromatic rings. The number of aromatic nitrogens is 2. The molecule has 1 aromatic carbocycles. The summed E-state index contributed by atoms with van der Waals surface area (Å²) in [4.78, 5) is 13.7. The van der Waals surface area contributed by atoms with Crippen LogP contribution in [0.1, 0.15) is 15.4 Å². The maximum atomic E-state index is 14.3. The molecular formula is C20H23FIN5OS. The maximum absolute atomic E-state index is 14.3. The molecule has 0 fully saturated rings. The topological polar surface area (TPSA) is 71.4 Å². The van der Waals surface area contributed by atoms with Gasteiger partial charge in [-0.05, 0) is 36.8 Å². The standard InChI is InChI=1S/C20H22FN5OS.HI/c1-14-11-25-19(28-14)7-9-24-20(22-2)26-12-15-5-6-18(17(21)10-15)27-16-4-3-8-23-13-16;/h3-6,8,10-11,13H,7,9,12H2,1-2H3,(H2,22,24,26);1H. The monoisotopic (exact) mass is 527 g/mol. The summed E-state index contributed by atoms with van der Waals surface area (Å²) >= 11 is 1.69. The van der Waals surface area contributed by atoms with E-state index in [-0.39, 0.29) is 29.7 Å². The Kier molecular flexibility index (Phi) is 9.26. The molecule has 0 spiro atoms. The number of aryl methyl sites for hydroxylation is 1. The van der Waals surface area contributed by atoms with E-state index in [0.29, 0.717) is 18.3 Å². The summed E-state index contributed by atoms with van der Waals surface area (Å²) in [5.74, 6) is 0.889. The number of nitrogens with one attached hydrogen (secondary N) is 2. The molecule has 0 amide bonds. The third kappa shape index (κ3) is 7.24. The van der Waals surface area contributed by atoms with Gasteiger partial charge in [0.05, 0.1) is 11.2 Å². The van der Waals surface area contributed by atoms with E-state index >= 15 is 0 Å². The van der Waals surface area contributed by atoms with Gasteiger partial charge in [0.1, 0.15) is 5.75 Å². The number of guanidine groups is 1. The predicted molar refractivity (Wildman–Crippen MR) is 125 cm³/mol. The van der Waals surface area contributed by atoms with Gasteiger partial charge in [0.2, 0.25) is 0 Å². The molecule has 0 atom stereocenters. The summed E-state index contributed by atoms with van der Waals surface area (Å²) in [5, 5.41) is 7.50. The van der Waals surface area contributed by atoms with E-state index in [2.05, 4.69) is 25.6 Å². The van der Waals surface area contributed by atoms with Gasteiger partial charge in [-0.1, -0.05) is 6.07 Å². The van der Waals surface area contributed by atoms with Crippen molar-refractivity contribution < 1.29 is 9.13 Å². The molecule has 2 aromatic heterocycles. The molecule has 6 nitrogen and oxygen atoms in total. The highest BCUT2D eigenvalue weighted by Crippen LogP contribution is 2.24. The number of hydrogen-bond donors (Lipinski definition) is 2. The third-order valence-corrected chi connectivity index (χ3v) is 4.82. The Morgan fingerprint density at radius 1 is 1.24 bits per heavy atom. The second-order valence-electron chi connectivity index (χ2n) is 6.02. The van der Waals surface area contributed by atoms with Crippen LogP contribution in [0.3, 0.4) is 0 Å². The summed E-state index contributed by atoms with van der Waals surface area (Å²) in [6.45, 7) is 3.21. The van der Waals surface area contributed by atoms with Crippen LogP contribution in [0, 0.1) is 12.7 Å². The van der Waals surface area contributed by atoms with Crippen LogP contribution < -0.4 is 15.4 Å². The average molecular weight is 527 g/mol. The van der Waals surface area contributed by atoms with Crippen molar-refractivity contribution in [3.05, 3.63) is 70.2 Å². The predicted octanol–water partition coefficient (Wildman–Crippen LogP) is 4.30. The van der Waals surface area contributed by atoms with Crippen LogP contribution in [-0.2, 0) is 13.0 Å². The largest absolute Gasteiger partial charge is 0.453 e. The van der Waals surface area contributed by atoms with Crippen molar-refractivity contribution in [1.82, 2.24) is 20.6 Å². The summed E-state index contributed by atoms with van der Waals surface area (Å²) < 4.78 is 19.8. The highest BCUT2D eigenvalue weighted by Gasteiger charge is 2.07. The number of ether oxygens (including phenoxy) is 1. The van der Waals surface area contributed by atoms with Gasteiger partial charge in [0.25, 0.3) is 0 Å². The van der Waals surface area contributed by atoms with Crippen LogP contribution in [0.15, 0.2) is 53.9 Å². The minimum Gasteiger partial charge on any atom is -0.453 e. The van der Waals surface area contributed by atoms with E-state index in [1.165, 1.54) is 17.1 Å². The first kappa shape index (κ1) is 23.0. The van der Waals surface area contributed by atoms with Gasteiger partial charge < -0.3 is 15.4 Å². The van der Waals surface area contributed by atoms with Gasteiger partial charge in [0, 0.05) is 43.8 Å². The van der Waals surface area contributed by atoms with Gasteiger partial charge in [-0.15, -0.1) is 35.3 Å². The highest BCUT2D eigenvalue weighted by molar-refractivity contribution is 14.0. The lowest BCUT2D eigenvalue weighted by Gasteiger charge is -2.12. The van der Waals surface area contributed by atoms with Crippen LogP contribution in [0.4, 0.5) is 4.39 Å². The van der Waals surface area contributed by atoms with Gasteiger partial charge in [-0.2, -0.15) is 0 Å². The molecule has 0 bridgehead atoms. The highest BCUT2D eigenvalue weighted by atomic mass is 127. The maximum Gasteiger partial charge on any atom is 0.191 e. The second kappa shape index (κ2) is 11.7. The number of aliphatic imine (C=N–C) groups is 1. The Morgan fingerprint density at radius 2 is 2.10 bits per heavy atom. The van der Waals surface area contributed by atoms with E-state index < -0.39 is 5.82 Å². The lowest BCUT2D eigenvalue weighted by atomic mass is 10.2. The average Bonchev–Trinajstić information content (AvgIpc) is 3.12. The van der Waals surface area contributed by atoms with Gasteiger partial charge in [-0.25, -0.2) is 9.37 Å². The van der Waals surface area contributed by atoms with Crippen molar-refractivity contribution in [3.63, 3.8) is 0 Å². The molecule has 9 heteroatoms. The number of thiazole rings is 1. The lowest BCUT2D eigenvalue weighted by molar-refractivity contribution is 0.440. The van der Waals surface area contributed by atoms with Crippen molar-refractivity contribution in [2.75, 3.05) is 13.6 Å². The number of pyridine rings is 1. The molecular weight excluding hydrogens is 504 g/mol. The van der Waals surface area contributed by atoms with Crippen molar-refractivity contribution in [2.45, 2.75) is 19.9 Å². The molecule has 0 aliphatic heterocycles. The number of nitrogens with zero attached hydrogens (tertiary/aromatic N) is 3. The Balaban J connectivity index is 0.00000300. The smallest absolute Gasteiger partial charge is 0.191 e. The van der Waals surface area contributed by atoms with Gasteiger partial charge in [-0.3, -0.25) is 9.98 Å². The van der Waals surface area contributed by atoms with Crippen LogP contribution in [0.2, 0.25) is 0 Å². The van der Waals surface area contributed by atoms with Crippen LogP contribution in [0.5, 0.6) is 11.5 Å². The zero-order valence-electron chi connectivity index (χ0n) is 16.2. The summed E-state index contributed by atoms with van der Waals surface area (Å²) in [6, 6.07) is 8.34. The quantitative estimate of drug-likeness (QED) is 0.273. The summed E-state index contributed by atoms with van der Waals surface area (Å²) in [5.41, 5.74) is 0.787. The fraction of sp³-hybridized carbons (Fsp3) is 0.250. The zero-order chi connectivity index (χ0) is 19.8. The van der Waals surface area contributed by atoms with Crippen LogP contribution in [-0.4, -0.2) is 29.5 Å². The SMILES string of the molecule is CN=C(NCCc1ncc(C)s1)NCc1ccc(Oc2cccnc2)c(F)c1.I. The molecule has 0 aliphatic carbocycles. The molecule has 29 heavy (non-hydrogen) atoms. The molecule has 0 aliphatic rings. The summed E-state index contributed by atoms with van der Waals surface area (Å²) in [7, 11) is 1.70. The van der Waals surface area contributed by atoms with Crippen LogP contribution >= 0.6 is 35.3 Å². The molecule has 0 saturated heterocycles. The number of rotatable bonds is 7. The van der Waals surface area contributed by atoms with Crippen molar-refractivity contribution in [2.24, 2.45) is 4.99 Å². The Hall–Kier alpha value is -2.27. The summed E-state index contributed by atoms with van der Waals surface area (Å²) in [6.07, 6.45) is 5.88. The molecule has 2 N–H and O–H groups in total. The third-order valence-electron chi connectivity index (χ3n) is 3.84. The van der Waals surface area contributed by atoms with Crippen LogP contribution in [0.25, 0.3) is 0 Å². The van der Waals surface area contributed by atoms with Gasteiger partial charge in [0.15, 0.2) is 17.5 Å². The number of benzene rings is 1. The minimum atomic E-state index is -0.426. The zero-order valence-corrected chi connectivity index (χ0v) is 19.3. The van der Waals surface area contributed by atoms with E-state index in [9.17, 15) is 4.39 Å². The minimum absolute atomic E-state index is 0.